The van der Waals surface area contributed by atoms with Crippen molar-refractivity contribution in [2.45, 2.75) is 0 Å². The van der Waals surface area contributed by atoms with Crippen molar-refractivity contribution in [1.29, 1.82) is 0 Å². The molecule has 0 amide bonds. The number of hydrogen-bond acceptors (Lipinski definition) is 2. The molecule has 0 saturated carbocycles. The first kappa shape index (κ1) is 16.1. The quantitative estimate of drug-likeness (QED) is 0.537. The monoisotopic (exact) mass is 363 g/mol. The van der Waals surface area contributed by atoms with Crippen molar-refractivity contribution in [3.8, 4) is 28.3 Å². The molecular weight excluding hydrogens is 353 g/mol. The molecule has 23 heavy (non-hydrogen) atoms. The number of methoxy groups -OCH3 is 1. The van der Waals surface area contributed by atoms with E-state index in [1.54, 1.807) is 19.2 Å². The summed E-state index contributed by atoms with van der Waals surface area (Å²) < 4.78 is 5.39. The molecule has 1 heterocycles. The third-order valence-electron chi connectivity index (χ3n) is 3.36. The van der Waals surface area contributed by atoms with Crippen molar-refractivity contribution in [2.24, 2.45) is 0 Å². The van der Waals surface area contributed by atoms with Gasteiger partial charge in [0.2, 0.25) is 0 Å². The summed E-state index contributed by atoms with van der Waals surface area (Å²) in [5, 5.41) is 1.77. The van der Waals surface area contributed by atoms with E-state index in [9.17, 15) is 0 Å². The Kier molecular flexibility index (Phi) is 4.76. The molecule has 0 atom stereocenters. The first-order chi connectivity index (χ1) is 11.1. The van der Waals surface area contributed by atoms with Gasteiger partial charge in [-0.25, -0.2) is 4.98 Å². The lowest BCUT2D eigenvalue weighted by atomic mass is 10.1. The zero-order valence-electron chi connectivity index (χ0n) is 12.2. The normalized spacial score (nSPS) is 10.6. The summed E-state index contributed by atoms with van der Waals surface area (Å²) in [6.45, 7) is 0. The molecule has 3 aromatic rings. The van der Waals surface area contributed by atoms with Gasteiger partial charge in [-0.05, 0) is 30.3 Å². The van der Waals surface area contributed by atoms with Crippen molar-refractivity contribution in [1.82, 2.24) is 4.98 Å². The molecular formula is C18H12Cl3NO. The van der Waals surface area contributed by atoms with Crippen LogP contribution < -0.4 is 4.74 Å². The minimum Gasteiger partial charge on any atom is -0.497 e. The molecule has 2 aromatic carbocycles. The molecule has 3 rings (SSSR count). The number of pyridine rings is 1. The summed E-state index contributed by atoms with van der Waals surface area (Å²) in [5.41, 5.74) is 3.16. The van der Waals surface area contributed by atoms with Crippen LogP contribution in [0.2, 0.25) is 15.1 Å². The molecule has 0 N–H and O–H groups in total. The minimum atomic E-state index is 0.537. The third kappa shape index (κ3) is 3.61. The molecule has 2 nitrogen and oxygen atoms in total. The van der Waals surface area contributed by atoms with Crippen molar-refractivity contribution in [2.75, 3.05) is 7.11 Å². The molecule has 0 radical (unpaired) electrons. The van der Waals surface area contributed by atoms with Crippen LogP contribution in [0, 0.1) is 0 Å². The molecule has 0 aliphatic heterocycles. The van der Waals surface area contributed by atoms with E-state index in [4.69, 9.17) is 39.5 Å². The van der Waals surface area contributed by atoms with E-state index in [0.717, 1.165) is 16.8 Å². The molecule has 0 fully saturated rings. The Balaban J connectivity index is 2.16. The van der Waals surface area contributed by atoms with E-state index in [1.807, 2.05) is 42.5 Å². The average Bonchev–Trinajstić information content (AvgIpc) is 2.54. The largest absolute Gasteiger partial charge is 0.497 e. The number of halogens is 3. The minimum absolute atomic E-state index is 0.537. The first-order valence-corrected chi connectivity index (χ1v) is 7.97. The molecule has 0 aliphatic rings. The van der Waals surface area contributed by atoms with Crippen LogP contribution in [0.5, 0.6) is 5.75 Å². The van der Waals surface area contributed by atoms with Gasteiger partial charge in [-0.2, -0.15) is 0 Å². The van der Waals surface area contributed by atoms with Gasteiger partial charge in [-0.3, -0.25) is 0 Å². The lowest BCUT2D eigenvalue weighted by molar-refractivity contribution is 0.414. The molecule has 0 unspecified atom stereocenters. The molecule has 5 heteroatoms. The highest BCUT2D eigenvalue weighted by Gasteiger charge is 2.11. The lowest BCUT2D eigenvalue weighted by Gasteiger charge is -2.10. The van der Waals surface area contributed by atoms with Crippen molar-refractivity contribution < 1.29 is 4.74 Å². The Morgan fingerprint density at radius 1 is 0.826 bits per heavy atom. The second-order valence-electron chi connectivity index (χ2n) is 4.91. The first-order valence-electron chi connectivity index (χ1n) is 6.84. The highest BCUT2D eigenvalue weighted by molar-refractivity contribution is 6.36. The van der Waals surface area contributed by atoms with E-state index in [-0.39, 0.29) is 0 Å². The second-order valence-corrected chi connectivity index (χ2v) is 6.19. The number of rotatable bonds is 3. The van der Waals surface area contributed by atoms with Crippen molar-refractivity contribution in [3.63, 3.8) is 0 Å². The van der Waals surface area contributed by atoms with E-state index < -0.39 is 0 Å². The standard InChI is InChI=1S/C18H12Cl3NO/c1-23-14-9-17(11-3-2-4-12(19)7-11)22-18(10-14)15-6-5-13(20)8-16(15)21/h2-10H,1H3. The fourth-order valence-corrected chi connectivity index (χ4v) is 2.95. The summed E-state index contributed by atoms with van der Waals surface area (Å²) in [5.74, 6) is 0.691. The fourth-order valence-electron chi connectivity index (χ4n) is 2.25. The summed E-state index contributed by atoms with van der Waals surface area (Å²) in [4.78, 5) is 4.69. The Labute approximate surface area is 149 Å². The van der Waals surface area contributed by atoms with Gasteiger partial charge in [0.1, 0.15) is 5.75 Å². The van der Waals surface area contributed by atoms with Crippen molar-refractivity contribution >= 4 is 34.8 Å². The average molecular weight is 365 g/mol. The van der Waals surface area contributed by atoms with Crippen LogP contribution in [0.15, 0.2) is 54.6 Å². The Morgan fingerprint density at radius 2 is 1.57 bits per heavy atom. The van der Waals surface area contributed by atoms with Gasteiger partial charge < -0.3 is 4.74 Å². The zero-order valence-corrected chi connectivity index (χ0v) is 14.5. The van der Waals surface area contributed by atoms with Crippen LogP contribution in [-0.4, -0.2) is 12.1 Å². The number of ether oxygens (including phenoxy) is 1. The summed E-state index contributed by atoms with van der Waals surface area (Å²) in [6, 6.07) is 16.5. The molecule has 0 saturated heterocycles. The van der Waals surface area contributed by atoms with Crippen LogP contribution in [0.4, 0.5) is 0 Å². The second kappa shape index (κ2) is 6.79. The SMILES string of the molecule is COc1cc(-c2cccc(Cl)c2)nc(-c2ccc(Cl)cc2Cl)c1. The number of hydrogen-bond donors (Lipinski definition) is 0. The van der Waals surface area contributed by atoms with Crippen LogP contribution in [0.3, 0.4) is 0 Å². The Bertz CT molecular complexity index is 865. The molecule has 0 bridgehead atoms. The maximum absolute atomic E-state index is 6.30. The van der Waals surface area contributed by atoms with Crippen LogP contribution in [0.25, 0.3) is 22.5 Å². The van der Waals surface area contributed by atoms with E-state index in [0.29, 0.717) is 26.5 Å². The molecule has 1 aromatic heterocycles. The van der Waals surface area contributed by atoms with Gasteiger partial charge in [-0.15, -0.1) is 0 Å². The number of aromatic nitrogens is 1. The van der Waals surface area contributed by atoms with Crippen LogP contribution >= 0.6 is 34.8 Å². The summed E-state index contributed by atoms with van der Waals surface area (Å²) in [6.07, 6.45) is 0. The predicted molar refractivity (Wildman–Crippen MR) is 96.7 cm³/mol. The Hall–Kier alpha value is -1.74. The smallest absolute Gasteiger partial charge is 0.123 e. The maximum atomic E-state index is 6.30. The fraction of sp³-hybridized carbons (Fsp3) is 0.0556. The topological polar surface area (TPSA) is 22.1 Å². The zero-order chi connectivity index (χ0) is 16.4. The van der Waals surface area contributed by atoms with Gasteiger partial charge in [-0.1, -0.05) is 46.9 Å². The third-order valence-corrected chi connectivity index (χ3v) is 4.14. The number of nitrogens with zero attached hydrogens (tertiary/aromatic N) is 1. The molecule has 116 valence electrons. The van der Waals surface area contributed by atoms with Gasteiger partial charge in [0, 0.05) is 33.3 Å². The van der Waals surface area contributed by atoms with Crippen molar-refractivity contribution in [3.05, 3.63) is 69.7 Å². The Morgan fingerprint density at radius 3 is 2.26 bits per heavy atom. The van der Waals surface area contributed by atoms with Crippen LogP contribution in [0.1, 0.15) is 0 Å². The highest BCUT2D eigenvalue weighted by Crippen LogP contribution is 2.33. The van der Waals surface area contributed by atoms with Gasteiger partial charge >= 0.3 is 0 Å². The predicted octanol–water partition coefficient (Wildman–Crippen LogP) is 6.38. The van der Waals surface area contributed by atoms with E-state index in [1.165, 1.54) is 0 Å². The van der Waals surface area contributed by atoms with Gasteiger partial charge in [0.25, 0.3) is 0 Å². The van der Waals surface area contributed by atoms with Gasteiger partial charge in [0.15, 0.2) is 0 Å². The molecule has 0 aliphatic carbocycles. The van der Waals surface area contributed by atoms with Crippen LogP contribution in [-0.2, 0) is 0 Å². The number of benzene rings is 2. The lowest BCUT2D eigenvalue weighted by Crippen LogP contribution is -1.92. The van der Waals surface area contributed by atoms with Gasteiger partial charge in [0.05, 0.1) is 23.5 Å². The summed E-state index contributed by atoms with van der Waals surface area (Å²) >= 11 is 18.3. The van der Waals surface area contributed by atoms with E-state index in [2.05, 4.69) is 4.98 Å². The highest BCUT2D eigenvalue weighted by atomic mass is 35.5. The molecule has 0 spiro atoms. The summed E-state index contributed by atoms with van der Waals surface area (Å²) in [7, 11) is 1.62. The maximum Gasteiger partial charge on any atom is 0.123 e. The van der Waals surface area contributed by atoms with E-state index >= 15 is 0 Å².